The summed E-state index contributed by atoms with van der Waals surface area (Å²) in [4.78, 5) is 0. The van der Waals surface area contributed by atoms with E-state index < -0.39 is 0 Å². The van der Waals surface area contributed by atoms with Crippen molar-refractivity contribution in [3.8, 4) is 11.5 Å². The Bertz CT molecular complexity index is 728. The monoisotopic (exact) mass is 419 g/mol. The fraction of sp³-hybridized carbons (Fsp3) is 0.455. The molecule has 0 bridgehead atoms. The molecule has 0 aliphatic rings. The average molecular weight is 420 g/mol. The molecule has 0 fully saturated rings. The fourth-order valence-electron chi connectivity index (χ4n) is 2.52. The van der Waals surface area contributed by atoms with Crippen LogP contribution in [0.2, 0.25) is 0 Å². The molecule has 3 nitrogen and oxygen atoms in total. The van der Waals surface area contributed by atoms with Gasteiger partial charge < -0.3 is 14.8 Å². The van der Waals surface area contributed by atoms with Crippen molar-refractivity contribution in [1.29, 1.82) is 0 Å². The highest BCUT2D eigenvalue weighted by Gasteiger charge is 2.16. The first-order valence-electron chi connectivity index (χ1n) is 9.23. The molecule has 0 amide bonds. The first-order valence-corrected chi connectivity index (χ1v) is 10.0. The molecular formula is C22H30BrNO2. The number of halogens is 1. The van der Waals surface area contributed by atoms with Gasteiger partial charge in [0, 0.05) is 16.6 Å². The number of ether oxygens (including phenoxy) is 2. The Hall–Kier alpha value is -1.52. The molecule has 0 radical (unpaired) electrons. The van der Waals surface area contributed by atoms with Crippen molar-refractivity contribution in [2.24, 2.45) is 0 Å². The van der Waals surface area contributed by atoms with E-state index in [1.165, 1.54) is 5.56 Å². The minimum atomic E-state index is 0.103. The lowest BCUT2D eigenvalue weighted by Crippen LogP contribution is -2.37. The van der Waals surface area contributed by atoms with Crippen LogP contribution in [0.5, 0.6) is 11.5 Å². The summed E-state index contributed by atoms with van der Waals surface area (Å²) in [5.74, 6) is 1.55. The van der Waals surface area contributed by atoms with Crippen LogP contribution in [0, 0.1) is 6.92 Å². The molecule has 4 heteroatoms. The lowest BCUT2D eigenvalue weighted by atomic mass is 10.0. The molecule has 1 N–H and O–H groups in total. The van der Waals surface area contributed by atoms with Crippen LogP contribution in [-0.2, 0) is 13.2 Å². The second kappa shape index (κ2) is 9.43. The molecule has 2 rings (SSSR count). The molecule has 0 heterocycles. The smallest absolute Gasteiger partial charge is 0.162 e. The summed E-state index contributed by atoms with van der Waals surface area (Å²) in [6, 6.07) is 12.4. The van der Waals surface area contributed by atoms with E-state index in [-0.39, 0.29) is 5.54 Å². The second-order valence-electron chi connectivity index (χ2n) is 7.19. The van der Waals surface area contributed by atoms with Gasteiger partial charge in [-0.2, -0.15) is 0 Å². The first-order chi connectivity index (χ1) is 12.3. The minimum absolute atomic E-state index is 0.103. The zero-order chi connectivity index (χ0) is 19.2. The van der Waals surface area contributed by atoms with E-state index in [1.54, 1.807) is 0 Å². The van der Waals surface area contributed by atoms with Crippen LogP contribution in [0.4, 0.5) is 0 Å². The van der Waals surface area contributed by atoms with Crippen molar-refractivity contribution in [2.75, 3.05) is 6.61 Å². The highest BCUT2D eigenvalue weighted by Crippen LogP contribution is 2.34. The van der Waals surface area contributed by atoms with E-state index in [1.807, 2.05) is 13.0 Å². The van der Waals surface area contributed by atoms with Gasteiger partial charge in [-0.15, -0.1) is 0 Å². The predicted octanol–water partition coefficient (Wildman–Crippen LogP) is 6.01. The maximum absolute atomic E-state index is 6.06. The van der Waals surface area contributed by atoms with Crippen LogP contribution in [0.1, 0.15) is 50.8 Å². The maximum Gasteiger partial charge on any atom is 0.162 e. The van der Waals surface area contributed by atoms with E-state index in [4.69, 9.17) is 9.47 Å². The zero-order valence-corrected chi connectivity index (χ0v) is 18.1. The molecular weight excluding hydrogens is 390 g/mol. The molecule has 0 atom stereocenters. The van der Waals surface area contributed by atoms with Crippen molar-refractivity contribution in [3.63, 3.8) is 0 Å². The van der Waals surface area contributed by atoms with E-state index in [2.05, 4.69) is 79.3 Å². The minimum Gasteiger partial charge on any atom is -0.490 e. The van der Waals surface area contributed by atoms with Crippen LogP contribution < -0.4 is 14.8 Å². The number of benzene rings is 2. The van der Waals surface area contributed by atoms with Crippen LogP contribution in [-0.4, -0.2) is 12.1 Å². The first kappa shape index (κ1) is 20.8. The van der Waals surface area contributed by atoms with Gasteiger partial charge in [0.15, 0.2) is 11.5 Å². The molecule has 0 aliphatic heterocycles. The third-order valence-corrected chi connectivity index (χ3v) is 5.27. The Kier molecular flexibility index (Phi) is 7.54. The highest BCUT2D eigenvalue weighted by molar-refractivity contribution is 9.10. The third-order valence-electron chi connectivity index (χ3n) is 4.53. The van der Waals surface area contributed by atoms with Crippen molar-refractivity contribution >= 4 is 15.9 Å². The van der Waals surface area contributed by atoms with Gasteiger partial charge in [0.1, 0.15) is 6.61 Å². The SMILES string of the molecule is CCOc1cc(CNC(C)(C)CC)c(Br)cc1OCc1cccc(C)c1. The molecule has 142 valence electrons. The van der Waals surface area contributed by atoms with Gasteiger partial charge in [0.25, 0.3) is 0 Å². The van der Waals surface area contributed by atoms with Crippen LogP contribution in [0.3, 0.4) is 0 Å². The number of hydrogen-bond acceptors (Lipinski definition) is 3. The van der Waals surface area contributed by atoms with Crippen molar-refractivity contribution in [3.05, 3.63) is 57.6 Å². The van der Waals surface area contributed by atoms with Gasteiger partial charge >= 0.3 is 0 Å². The Morgan fingerprint density at radius 1 is 1.04 bits per heavy atom. The number of aryl methyl sites for hydroxylation is 1. The summed E-state index contributed by atoms with van der Waals surface area (Å²) in [6.45, 7) is 12.6. The molecule has 0 aromatic heterocycles. The fourth-order valence-corrected chi connectivity index (χ4v) is 2.98. The predicted molar refractivity (Wildman–Crippen MR) is 112 cm³/mol. The Labute approximate surface area is 166 Å². The van der Waals surface area contributed by atoms with Gasteiger partial charge in [-0.3, -0.25) is 0 Å². The Morgan fingerprint density at radius 3 is 2.42 bits per heavy atom. The van der Waals surface area contributed by atoms with Crippen molar-refractivity contribution in [1.82, 2.24) is 5.32 Å². The third kappa shape index (κ3) is 6.03. The van der Waals surface area contributed by atoms with Crippen LogP contribution >= 0.6 is 15.9 Å². The summed E-state index contributed by atoms with van der Waals surface area (Å²) >= 11 is 3.68. The maximum atomic E-state index is 6.06. The number of rotatable bonds is 9. The summed E-state index contributed by atoms with van der Waals surface area (Å²) in [7, 11) is 0. The van der Waals surface area contributed by atoms with Gasteiger partial charge in [0.05, 0.1) is 6.61 Å². The molecule has 0 saturated heterocycles. The molecule has 0 saturated carbocycles. The molecule has 0 aliphatic carbocycles. The topological polar surface area (TPSA) is 30.5 Å². The molecule has 2 aromatic carbocycles. The zero-order valence-electron chi connectivity index (χ0n) is 16.5. The molecule has 2 aromatic rings. The molecule has 0 spiro atoms. The largest absolute Gasteiger partial charge is 0.490 e. The van der Waals surface area contributed by atoms with Crippen LogP contribution in [0.25, 0.3) is 0 Å². The van der Waals surface area contributed by atoms with E-state index >= 15 is 0 Å². The summed E-state index contributed by atoms with van der Waals surface area (Å²) in [5.41, 5.74) is 3.65. The quantitative estimate of drug-likeness (QED) is 0.539. The van der Waals surface area contributed by atoms with Gasteiger partial charge in [0.2, 0.25) is 0 Å². The Balaban J connectivity index is 2.16. The van der Waals surface area contributed by atoms with Gasteiger partial charge in [-0.05, 0) is 57.4 Å². The molecule has 0 unspecified atom stereocenters. The normalized spacial score (nSPS) is 11.5. The number of nitrogens with one attached hydrogen (secondary N) is 1. The lowest BCUT2D eigenvalue weighted by Gasteiger charge is -2.25. The van der Waals surface area contributed by atoms with E-state index in [9.17, 15) is 0 Å². The summed E-state index contributed by atoms with van der Waals surface area (Å²) < 4.78 is 12.9. The lowest BCUT2D eigenvalue weighted by molar-refractivity contribution is 0.268. The van der Waals surface area contributed by atoms with Gasteiger partial charge in [-0.25, -0.2) is 0 Å². The molecule has 26 heavy (non-hydrogen) atoms. The Morgan fingerprint density at radius 2 is 1.77 bits per heavy atom. The summed E-state index contributed by atoms with van der Waals surface area (Å²) in [5, 5.41) is 3.59. The number of hydrogen-bond donors (Lipinski definition) is 1. The standard InChI is InChI=1S/C22H30BrNO2/c1-6-22(4,5)24-14-18-12-20(25-7-2)21(13-19(18)23)26-15-17-10-8-9-16(3)11-17/h8-13,24H,6-7,14-15H2,1-5H3. The van der Waals surface area contributed by atoms with E-state index in [0.717, 1.165) is 40.1 Å². The van der Waals surface area contributed by atoms with E-state index in [0.29, 0.717) is 13.2 Å². The van der Waals surface area contributed by atoms with Gasteiger partial charge in [-0.1, -0.05) is 52.7 Å². The van der Waals surface area contributed by atoms with Crippen LogP contribution in [0.15, 0.2) is 40.9 Å². The second-order valence-corrected chi connectivity index (χ2v) is 8.05. The van der Waals surface area contributed by atoms with Crippen molar-refractivity contribution in [2.45, 2.75) is 59.7 Å². The van der Waals surface area contributed by atoms with Crippen molar-refractivity contribution < 1.29 is 9.47 Å². The summed E-state index contributed by atoms with van der Waals surface area (Å²) in [6.07, 6.45) is 1.07. The highest BCUT2D eigenvalue weighted by atomic mass is 79.9. The average Bonchev–Trinajstić information content (AvgIpc) is 2.61.